The lowest BCUT2D eigenvalue weighted by Crippen LogP contribution is -2.29. The molecular weight excluding hydrogens is 432 g/mol. The molecule has 7 nitrogen and oxygen atoms in total. The second-order valence-corrected chi connectivity index (χ2v) is 8.22. The standard InChI is InChI=1S/C27H26N2O5/c1-17(2)34-20-12-10-19(11-13-20)25(30)23-24(21-8-4-5-9-22(21)33-3)29(27(32)26(23)31)16-18-7-6-14-28-15-18/h4-15,17,24,30H,16H2,1-3H3/t24-/m0/s1. The van der Waals surface area contributed by atoms with Gasteiger partial charge in [0.05, 0.1) is 24.8 Å². The molecule has 174 valence electrons. The van der Waals surface area contributed by atoms with Crippen LogP contribution in [0, 0.1) is 0 Å². The summed E-state index contributed by atoms with van der Waals surface area (Å²) >= 11 is 0. The number of methoxy groups -OCH3 is 1. The number of hydrogen-bond acceptors (Lipinski definition) is 6. The van der Waals surface area contributed by atoms with E-state index < -0.39 is 17.7 Å². The SMILES string of the molecule is COc1ccccc1[C@H]1C(=C(O)c2ccc(OC(C)C)cc2)C(=O)C(=O)N1Cc1cccnc1. The highest BCUT2D eigenvalue weighted by Gasteiger charge is 2.47. The zero-order chi connectivity index (χ0) is 24.2. The fraction of sp³-hybridized carbons (Fsp3) is 0.222. The molecule has 3 aromatic rings. The topological polar surface area (TPSA) is 89.0 Å². The number of aromatic nitrogens is 1. The number of likely N-dealkylation sites (tertiary alicyclic amines) is 1. The number of nitrogens with zero attached hydrogens (tertiary/aromatic N) is 2. The summed E-state index contributed by atoms with van der Waals surface area (Å²) in [5.41, 5.74) is 1.79. The first-order valence-electron chi connectivity index (χ1n) is 11.0. The van der Waals surface area contributed by atoms with Crippen LogP contribution in [-0.2, 0) is 16.1 Å². The van der Waals surface area contributed by atoms with Crippen LogP contribution in [0.2, 0.25) is 0 Å². The Morgan fingerprint density at radius 1 is 1.06 bits per heavy atom. The van der Waals surface area contributed by atoms with E-state index in [-0.39, 0.29) is 24.0 Å². The lowest BCUT2D eigenvalue weighted by Gasteiger charge is -2.26. The Kier molecular flexibility index (Phi) is 6.63. The highest BCUT2D eigenvalue weighted by molar-refractivity contribution is 6.46. The maximum absolute atomic E-state index is 13.2. The summed E-state index contributed by atoms with van der Waals surface area (Å²) < 4.78 is 11.2. The molecule has 2 aromatic carbocycles. The number of ketones is 1. The van der Waals surface area contributed by atoms with Gasteiger partial charge in [0.15, 0.2) is 0 Å². The molecule has 1 aliphatic heterocycles. The largest absolute Gasteiger partial charge is 0.507 e. The summed E-state index contributed by atoms with van der Waals surface area (Å²) in [6.45, 7) is 3.99. The third-order valence-corrected chi connectivity index (χ3v) is 5.55. The normalized spacial score (nSPS) is 17.3. The van der Waals surface area contributed by atoms with E-state index in [1.807, 2.05) is 26.0 Å². The van der Waals surface area contributed by atoms with Crippen LogP contribution in [0.25, 0.3) is 5.76 Å². The van der Waals surface area contributed by atoms with Gasteiger partial charge in [-0.25, -0.2) is 0 Å². The molecule has 1 amide bonds. The van der Waals surface area contributed by atoms with Crippen LogP contribution in [0.15, 0.2) is 78.6 Å². The van der Waals surface area contributed by atoms with Crippen molar-refractivity contribution in [3.8, 4) is 11.5 Å². The van der Waals surface area contributed by atoms with Gasteiger partial charge < -0.3 is 19.5 Å². The van der Waals surface area contributed by atoms with Gasteiger partial charge in [-0.1, -0.05) is 24.3 Å². The number of aliphatic hydroxyl groups excluding tert-OH is 1. The second-order valence-electron chi connectivity index (χ2n) is 8.22. The summed E-state index contributed by atoms with van der Waals surface area (Å²) in [6, 6.07) is 16.7. The van der Waals surface area contributed by atoms with Crippen molar-refractivity contribution in [3.05, 3.63) is 95.3 Å². The van der Waals surface area contributed by atoms with Crippen molar-refractivity contribution in [2.75, 3.05) is 7.11 Å². The van der Waals surface area contributed by atoms with Crippen LogP contribution in [0.3, 0.4) is 0 Å². The molecule has 0 saturated carbocycles. The van der Waals surface area contributed by atoms with Crippen molar-refractivity contribution in [2.24, 2.45) is 0 Å². The first-order chi connectivity index (χ1) is 16.4. The van der Waals surface area contributed by atoms with Gasteiger partial charge in [-0.15, -0.1) is 0 Å². The van der Waals surface area contributed by atoms with Crippen molar-refractivity contribution >= 4 is 17.4 Å². The molecule has 0 unspecified atom stereocenters. The Balaban J connectivity index is 1.83. The van der Waals surface area contributed by atoms with Gasteiger partial charge in [-0.3, -0.25) is 14.6 Å². The second kappa shape index (κ2) is 9.79. The Hall–Kier alpha value is -4.13. The predicted molar refractivity (Wildman–Crippen MR) is 127 cm³/mol. The number of benzene rings is 2. The summed E-state index contributed by atoms with van der Waals surface area (Å²) in [5, 5.41) is 11.2. The first-order valence-corrected chi connectivity index (χ1v) is 11.0. The van der Waals surface area contributed by atoms with Crippen LogP contribution >= 0.6 is 0 Å². The number of para-hydroxylation sites is 1. The molecule has 7 heteroatoms. The first kappa shape index (κ1) is 23.0. The van der Waals surface area contributed by atoms with Crippen molar-refractivity contribution in [1.29, 1.82) is 0 Å². The number of aliphatic hydroxyl groups is 1. The van der Waals surface area contributed by atoms with E-state index in [0.29, 0.717) is 22.6 Å². The molecule has 0 aliphatic carbocycles. The minimum absolute atomic E-state index is 0.00259. The minimum atomic E-state index is -0.831. The molecule has 0 spiro atoms. The smallest absolute Gasteiger partial charge is 0.295 e. The fourth-order valence-electron chi connectivity index (χ4n) is 4.07. The van der Waals surface area contributed by atoms with Crippen LogP contribution in [-0.4, -0.2) is 39.9 Å². The highest BCUT2D eigenvalue weighted by atomic mass is 16.5. The highest BCUT2D eigenvalue weighted by Crippen LogP contribution is 2.43. The van der Waals surface area contributed by atoms with Crippen molar-refractivity contribution < 1.29 is 24.2 Å². The Morgan fingerprint density at radius 3 is 2.44 bits per heavy atom. The molecule has 1 aromatic heterocycles. The number of amides is 1. The molecule has 1 aliphatic rings. The third-order valence-electron chi connectivity index (χ3n) is 5.55. The van der Waals surface area contributed by atoms with Crippen LogP contribution in [0.1, 0.15) is 36.6 Å². The molecule has 1 fully saturated rings. The van der Waals surface area contributed by atoms with Gasteiger partial charge in [0.1, 0.15) is 17.3 Å². The lowest BCUT2D eigenvalue weighted by atomic mass is 9.94. The average Bonchev–Trinajstić information content (AvgIpc) is 3.09. The van der Waals surface area contributed by atoms with E-state index in [2.05, 4.69) is 4.98 Å². The molecule has 1 N–H and O–H groups in total. The number of carbonyl (C=O) groups excluding carboxylic acids is 2. The quantitative estimate of drug-likeness (QED) is 0.319. The fourth-order valence-corrected chi connectivity index (χ4v) is 4.07. The molecule has 4 rings (SSSR count). The van der Waals surface area contributed by atoms with E-state index in [4.69, 9.17) is 9.47 Å². The monoisotopic (exact) mass is 458 g/mol. The van der Waals surface area contributed by atoms with Gasteiger partial charge in [0, 0.05) is 30.1 Å². The maximum atomic E-state index is 13.2. The van der Waals surface area contributed by atoms with Crippen molar-refractivity contribution in [3.63, 3.8) is 0 Å². The van der Waals surface area contributed by atoms with Crippen LogP contribution < -0.4 is 9.47 Å². The number of Topliss-reactive ketones (excluding diaryl/α,β-unsaturated/α-hetero) is 1. The zero-order valence-electron chi connectivity index (χ0n) is 19.3. The van der Waals surface area contributed by atoms with Gasteiger partial charge in [0.2, 0.25) is 0 Å². The zero-order valence-corrected chi connectivity index (χ0v) is 19.3. The molecule has 0 bridgehead atoms. The van der Waals surface area contributed by atoms with E-state index in [9.17, 15) is 14.7 Å². The van der Waals surface area contributed by atoms with Crippen molar-refractivity contribution in [1.82, 2.24) is 9.88 Å². The number of rotatable bonds is 7. The van der Waals surface area contributed by atoms with E-state index >= 15 is 0 Å². The summed E-state index contributed by atoms with van der Waals surface area (Å²) in [4.78, 5) is 31.9. The van der Waals surface area contributed by atoms with E-state index in [0.717, 1.165) is 5.56 Å². The molecule has 2 heterocycles. The average molecular weight is 459 g/mol. The summed E-state index contributed by atoms with van der Waals surface area (Å²) in [7, 11) is 1.53. The predicted octanol–water partition coefficient (Wildman–Crippen LogP) is 4.50. The van der Waals surface area contributed by atoms with Crippen LogP contribution in [0.4, 0.5) is 0 Å². The maximum Gasteiger partial charge on any atom is 0.295 e. The Bertz CT molecular complexity index is 1220. The number of pyridine rings is 1. The van der Waals surface area contributed by atoms with E-state index in [1.165, 1.54) is 12.0 Å². The van der Waals surface area contributed by atoms with Crippen LogP contribution in [0.5, 0.6) is 11.5 Å². The summed E-state index contributed by atoms with van der Waals surface area (Å²) in [5.74, 6) is -0.540. The van der Waals surface area contributed by atoms with Gasteiger partial charge >= 0.3 is 0 Å². The number of ether oxygens (including phenoxy) is 2. The Morgan fingerprint density at radius 2 is 1.79 bits per heavy atom. The minimum Gasteiger partial charge on any atom is -0.507 e. The molecule has 1 atom stereocenters. The van der Waals surface area contributed by atoms with E-state index in [1.54, 1.807) is 60.9 Å². The van der Waals surface area contributed by atoms with Gasteiger partial charge in [-0.2, -0.15) is 0 Å². The van der Waals surface area contributed by atoms with Crippen molar-refractivity contribution in [2.45, 2.75) is 32.5 Å². The molecule has 34 heavy (non-hydrogen) atoms. The van der Waals surface area contributed by atoms with Gasteiger partial charge in [0.25, 0.3) is 11.7 Å². The molecular formula is C27H26N2O5. The summed E-state index contributed by atoms with van der Waals surface area (Å²) in [6.07, 6.45) is 3.29. The molecule has 1 saturated heterocycles. The number of carbonyl (C=O) groups is 2. The number of hydrogen-bond donors (Lipinski definition) is 1. The third kappa shape index (κ3) is 4.50. The molecule has 0 radical (unpaired) electrons. The lowest BCUT2D eigenvalue weighted by molar-refractivity contribution is -0.140. The van der Waals surface area contributed by atoms with Gasteiger partial charge in [-0.05, 0) is 55.8 Å². The Labute approximate surface area is 198 Å².